The fourth-order valence-electron chi connectivity index (χ4n) is 3.42. The lowest BCUT2D eigenvalue weighted by molar-refractivity contribution is -1.02. The van der Waals surface area contributed by atoms with Crippen molar-refractivity contribution in [3.63, 3.8) is 0 Å². The highest BCUT2D eigenvalue weighted by Gasteiger charge is 2.22. The van der Waals surface area contributed by atoms with Crippen molar-refractivity contribution in [3.8, 4) is 0 Å². The van der Waals surface area contributed by atoms with Gasteiger partial charge in [-0.05, 0) is 18.2 Å². The number of carbonyl (C=O) groups is 1. The van der Waals surface area contributed by atoms with Gasteiger partial charge in [0, 0.05) is 21.3 Å². The van der Waals surface area contributed by atoms with Crippen LogP contribution in [0.4, 0.5) is 10.5 Å². The molecule has 5 nitrogen and oxygen atoms in total. The van der Waals surface area contributed by atoms with Gasteiger partial charge in [0.25, 0.3) is 0 Å². The van der Waals surface area contributed by atoms with E-state index in [0.29, 0.717) is 22.3 Å². The normalized spacial score (nSPS) is 19.5. The number of halogens is 2. The molecule has 1 aliphatic heterocycles. The van der Waals surface area contributed by atoms with Crippen LogP contribution in [0, 0.1) is 0 Å². The van der Waals surface area contributed by atoms with Gasteiger partial charge in [-0.15, -0.1) is 0 Å². The van der Waals surface area contributed by atoms with Crippen molar-refractivity contribution >= 4 is 34.9 Å². The summed E-state index contributed by atoms with van der Waals surface area (Å²) in [5.74, 6) is 0. The predicted octanol–water partition coefficient (Wildman–Crippen LogP) is 1.10. The van der Waals surface area contributed by atoms with Crippen molar-refractivity contribution in [2.45, 2.75) is 6.54 Å². The zero-order valence-corrected chi connectivity index (χ0v) is 16.7. The van der Waals surface area contributed by atoms with Crippen molar-refractivity contribution < 1.29 is 14.6 Å². The summed E-state index contributed by atoms with van der Waals surface area (Å²) in [5, 5.41) is 6.66. The molecular formula is C20H26Cl2N4O+2. The molecule has 1 heterocycles. The fourth-order valence-corrected chi connectivity index (χ4v) is 3.95. The SMILES string of the molecule is O=C(NCC[NH+]1CC[NH+](Cc2ccccc2)CC1)Nc1cc(Cl)cc(Cl)c1. The number of nitrogens with one attached hydrogen (secondary N) is 4. The summed E-state index contributed by atoms with van der Waals surface area (Å²) >= 11 is 11.9. The molecule has 7 heteroatoms. The Labute approximate surface area is 170 Å². The lowest BCUT2D eigenvalue weighted by Gasteiger charge is -2.29. The van der Waals surface area contributed by atoms with Gasteiger partial charge in [0.15, 0.2) is 0 Å². The molecule has 0 unspecified atom stereocenters. The number of anilines is 1. The average molecular weight is 409 g/mol. The van der Waals surface area contributed by atoms with Crippen LogP contribution in [0.5, 0.6) is 0 Å². The van der Waals surface area contributed by atoms with E-state index >= 15 is 0 Å². The standard InChI is InChI=1S/C20H24Cl2N4O/c21-17-12-18(22)14-19(13-17)24-20(27)23-6-7-25-8-10-26(11-9-25)15-16-4-2-1-3-5-16/h1-5,12-14H,6-11,15H2,(H2,23,24,27)/p+2. The maximum absolute atomic E-state index is 12.0. The number of benzene rings is 2. The molecule has 2 aromatic carbocycles. The van der Waals surface area contributed by atoms with Gasteiger partial charge in [0.2, 0.25) is 0 Å². The second-order valence-corrected chi connectivity index (χ2v) is 7.82. The maximum atomic E-state index is 12.0. The van der Waals surface area contributed by atoms with Gasteiger partial charge in [-0.25, -0.2) is 4.79 Å². The quantitative estimate of drug-likeness (QED) is 0.568. The first-order valence-corrected chi connectivity index (χ1v) is 10.1. The summed E-state index contributed by atoms with van der Waals surface area (Å²) in [6.45, 7) is 7.27. The number of carbonyl (C=O) groups excluding carboxylic acids is 1. The minimum atomic E-state index is -0.235. The van der Waals surface area contributed by atoms with Gasteiger partial charge in [0.05, 0.1) is 13.1 Å². The first kappa shape index (κ1) is 20.0. The molecule has 0 spiro atoms. The van der Waals surface area contributed by atoms with Crippen molar-refractivity contribution in [1.82, 2.24) is 5.32 Å². The van der Waals surface area contributed by atoms with Gasteiger partial charge < -0.3 is 20.4 Å². The molecule has 0 bridgehead atoms. The molecule has 0 aliphatic carbocycles. The van der Waals surface area contributed by atoms with Crippen LogP contribution >= 0.6 is 23.2 Å². The second-order valence-electron chi connectivity index (χ2n) is 6.95. The summed E-state index contributed by atoms with van der Waals surface area (Å²) in [6.07, 6.45) is 0. The Balaban J connectivity index is 1.33. The molecule has 1 fully saturated rings. The van der Waals surface area contributed by atoms with Gasteiger partial charge >= 0.3 is 6.03 Å². The zero-order valence-electron chi connectivity index (χ0n) is 15.2. The van der Waals surface area contributed by atoms with Crippen molar-refractivity contribution in [1.29, 1.82) is 0 Å². The first-order chi connectivity index (χ1) is 13.1. The van der Waals surface area contributed by atoms with Gasteiger partial charge in [0.1, 0.15) is 32.7 Å². The van der Waals surface area contributed by atoms with E-state index in [1.165, 1.54) is 10.5 Å². The number of urea groups is 1. The van der Waals surface area contributed by atoms with Crippen LogP contribution in [0.15, 0.2) is 48.5 Å². The van der Waals surface area contributed by atoms with Crippen LogP contribution in [0.1, 0.15) is 5.56 Å². The predicted molar refractivity (Wildman–Crippen MR) is 110 cm³/mol. The molecule has 1 aliphatic rings. The van der Waals surface area contributed by atoms with Crippen LogP contribution < -0.4 is 20.4 Å². The van der Waals surface area contributed by atoms with Crippen LogP contribution in [0.2, 0.25) is 10.0 Å². The van der Waals surface area contributed by atoms with Crippen LogP contribution in [-0.4, -0.2) is 45.3 Å². The molecule has 4 N–H and O–H groups in total. The molecule has 3 rings (SSSR count). The van der Waals surface area contributed by atoms with Crippen molar-refractivity contribution in [2.24, 2.45) is 0 Å². The van der Waals surface area contributed by atoms with E-state index in [2.05, 4.69) is 41.0 Å². The minimum absolute atomic E-state index is 0.235. The molecule has 27 heavy (non-hydrogen) atoms. The van der Waals surface area contributed by atoms with E-state index < -0.39 is 0 Å². The van der Waals surface area contributed by atoms with Crippen LogP contribution in [-0.2, 0) is 6.54 Å². The second kappa shape index (κ2) is 9.95. The van der Waals surface area contributed by atoms with Crippen LogP contribution in [0.25, 0.3) is 0 Å². The molecule has 0 aromatic heterocycles. The van der Waals surface area contributed by atoms with E-state index in [0.717, 1.165) is 39.3 Å². The lowest BCUT2D eigenvalue weighted by Crippen LogP contribution is -3.27. The summed E-state index contributed by atoms with van der Waals surface area (Å²) in [5.41, 5.74) is 1.99. The largest absolute Gasteiger partial charge is 0.332 e. The third kappa shape index (κ3) is 6.70. The minimum Gasteiger partial charge on any atom is -0.332 e. The highest BCUT2D eigenvalue weighted by atomic mass is 35.5. The number of hydrogen-bond acceptors (Lipinski definition) is 1. The Kier molecular flexibility index (Phi) is 7.35. The summed E-state index contributed by atoms with van der Waals surface area (Å²) < 4.78 is 0. The Bertz CT molecular complexity index is 729. The van der Waals surface area contributed by atoms with E-state index in [1.807, 2.05) is 0 Å². The van der Waals surface area contributed by atoms with Crippen molar-refractivity contribution in [3.05, 3.63) is 64.1 Å². The highest BCUT2D eigenvalue weighted by molar-refractivity contribution is 6.35. The summed E-state index contributed by atoms with van der Waals surface area (Å²) in [6, 6.07) is 15.4. The number of piperazine rings is 1. The third-order valence-electron chi connectivity index (χ3n) is 4.85. The first-order valence-electron chi connectivity index (χ1n) is 9.30. The van der Waals surface area contributed by atoms with E-state index in [-0.39, 0.29) is 6.03 Å². The lowest BCUT2D eigenvalue weighted by atomic mass is 10.2. The topological polar surface area (TPSA) is 50.0 Å². The molecule has 0 radical (unpaired) electrons. The van der Waals surface area contributed by atoms with E-state index in [9.17, 15) is 4.79 Å². The van der Waals surface area contributed by atoms with Gasteiger partial charge in [-0.1, -0.05) is 53.5 Å². The fraction of sp³-hybridized carbons (Fsp3) is 0.350. The number of quaternary nitrogens is 2. The van der Waals surface area contributed by atoms with Gasteiger partial charge in [-0.2, -0.15) is 0 Å². The zero-order chi connectivity index (χ0) is 19.1. The third-order valence-corrected chi connectivity index (χ3v) is 5.28. The Morgan fingerprint density at radius 2 is 1.56 bits per heavy atom. The van der Waals surface area contributed by atoms with Crippen molar-refractivity contribution in [2.75, 3.05) is 44.6 Å². The summed E-state index contributed by atoms with van der Waals surface area (Å²) in [4.78, 5) is 15.2. The number of amides is 2. The monoisotopic (exact) mass is 408 g/mol. The average Bonchev–Trinajstić information content (AvgIpc) is 2.63. The Morgan fingerprint density at radius 1 is 0.926 bits per heavy atom. The Hall–Kier alpha value is -1.79. The van der Waals surface area contributed by atoms with E-state index in [4.69, 9.17) is 23.2 Å². The smallest absolute Gasteiger partial charge is 0.319 e. The van der Waals surface area contributed by atoms with Gasteiger partial charge in [-0.3, -0.25) is 0 Å². The number of hydrogen-bond donors (Lipinski definition) is 4. The molecule has 0 saturated carbocycles. The molecule has 2 aromatic rings. The van der Waals surface area contributed by atoms with Crippen LogP contribution in [0.3, 0.4) is 0 Å². The maximum Gasteiger partial charge on any atom is 0.319 e. The summed E-state index contributed by atoms with van der Waals surface area (Å²) in [7, 11) is 0. The number of rotatable bonds is 6. The van der Waals surface area contributed by atoms with E-state index in [1.54, 1.807) is 23.1 Å². The Morgan fingerprint density at radius 3 is 2.22 bits per heavy atom. The molecule has 144 valence electrons. The molecular weight excluding hydrogens is 383 g/mol. The highest BCUT2D eigenvalue weighted by Crippen LogP contribution is 2.22. The molecule has 0 atom stereocenters. The molecule has 1 saturated heterocycles. The molecule has 2 amide bonds.